The summed E-state index contributed by atoms with van der Waals surface area (Å²) in [7, 11) is 3.78. The van der Waals surface area contributed by atoms with Crippen LogP contribution in [0.15, 0.2) is 46.9 Å². The second-order valence-electron chi connectivity index (χ2n) is 6.34. The lowest BCUT2D eigenvalue weighted by atomic mass is 10.1. The summed E-state index contributed by atoms with van der Waals surface area (Å²) in [4.78, 5) is 26.8. The monoisotopic (exact) mass is 401 g/mol. The standard InChI is InChI=1S/C19H20BrN3O2/c1-23(2)17-9-8-15(11-16(17)19(25)21-14-6-7-14)22-18(24)12-4-3-5-13(20)10-12/h3-5,8-11,14H,6-7H2,1-2H3,(H,21,25)(H,22,24). The molecule has 0 aromatic heterocycles. The Bertz CT molecular complexity index is 816. The first-order valence-electron chi connectivity index (χ1n) is 8.13. The van der Waals surface area contributed by atoms with Gasteiger partial charge in [-0.05, 0) is 49.2 Å². The van der Waals surface area contributed by atoms with E-state index in [0.29, 0.717) is 16.8 Å². The molecule has 1 aliphatic carbocycles. The third-order valence-electron chi connectivity index (χ3n) is 3.98. The maximum Gasteiger partial charge on any atom is 0.255 e. The Morgan fingerprint density at radius 2 is 1.84 bits per heavy atom. The van der Waals surface area contributed by atoms with Gasteiger partial charge in [-0.15, -0.1) is 0 Å². The van der Waals surface area contributed by atoms with Crippen LogP contribution in [-0.4, -0.2) is 32.0 Å². The molecule has 3 rings (SSSR count). The number of carbonyl (C=O) groups excluding carboxylic acids is 2. The summed E-state index contributed by atoms with van der Waals surface area (Å²) in [5.74, 6) is -0.322. The highest BCUT2D eigenvalue weighted by Crippen LogP contribution is 2.26. The van der Waals surface area contributed by atoms with E-state index in [0.717, 1.165) is 23.0 Å². The van der Waals surface area contributed by atoms with E-state index in [9.17, 15) is 9.59 Å². The summed E-state index contributed by atoms with van der Waals surface area (Å²) >= 11 is 3.36. The van der Waals surface area contributed by atoms with Gasteiger partial charge in [0.15, 0.2) is 0 Å². The molecule has 0 aliphatic heterocycles. The molecule has 25 heavy (non-hydrogen) atoms. The Morgan fingerprint density at radius 1 is 1.08 bits per heavy atom. The molecule has 6 heteroatoms. The van der Waals surface area contributed by atoms with Crippen LogP contribution < -0.4 is 15.5 Å². The van der Waals surface area contributed by atoms with Crippen LogP contribution in [0.4, 0.5) is 11.4 Å². The molecule has 1 fully saturated rings. The van der Waals surface area contributed by atoms with Crippen LogP contribution in [0.25, 0.3) is 0 Å². The number of hydrogen-bond donors (Lipinski definition) is 2. The predicted octanol–water partition coefficient (Wildman–Crippen LogP) is 3.66. The topological polar surface area (TPSA) is 61.4 Å². The second-order valence-corrected chi connectivity index (χ2v) is 7.25. The predicted molar refractivity (Wildman–Crippen MR) is 103 cm³/mol. The SMILES string of the molecule is CN(C)c1ccc(NC(=O)c2cccc(Br)c2)cc1C(=O)NC1CC1. The molecule has 2 amide bonds. The lowest BCUT2D eigenvalue weighted by Crippen LogP contribution is -2.27. The molecule has 2 aromatic rings. The van der Waals surface area contributed by atoms with Crippen molar-refractivity contribution in [1.82, 2.24) is 5.32 Å². The summed E-state index contributed by atoms with van der Waals surface area (Å²) in [5, 5.41) is 5.86. The van der Waals surface area contributed by atoms with Crippen molar-refractivity contribution in [3.63, 3.8) is 0 Å². The number of carbonyl (C=O) groups is 2. The molecule has 0 spiro atoms. The second kappa shape index (κ2) is 7.27. The van der Waals surface area contributed by atoms with Crippen LogP contribution >= 0.6 is 15.9 Å². The van der Waals surface area contributed by atoms with Gasteiger partial charge in [0.1, 0.15) is 0 Å². The van der Waals surface area contributed by atoms with Crippen molar-refractivity contribution >= 4 is 39.1 Å². The van der Waals surface area contributed by atoms with Crippen molar-refractivity contribution in [2.24, 2.45) is 0 Å². The van der Waals surface area contributed by atoms with E-state index < -0.39 is 0 Å². The van der Waals surface area contributed by atoms with Crippen LogP contribution in [-0.2, 0) is 0 Å². The minimum atomic E-state index is -0.215. The highest BCUT2D eigenvalue weighted by molar-refractivity contribution is 9.10. The van der Waals surface area contributed by atoms with Gasteiger partial charge in [0.2, 0.25) is 0 Å². The number of anilines is 2. The lowest BCUT2D eigenvalue weighted by Gasteiger charge is -2.18. The molecule has 1 saturated carbocycles. The largest absolute Gasteiger partial charge is 0.377 e. The van der Waals surface area contributed by atoms with Gasteiger partial charge in [-0.2, -0.15) is 0 Å². The number of halogens is 1. The first-order valence-corrected chi connectivity index (χ1v) is 8.92. The van der Waals surface area contributed by atoms with Gasteiger partial charge in [-0.1, -0.05) is 22.0 Å². The number of hydrogen-bond acceptors (Lipinski definition) is 3. The van der Waals surface area contributed by atoms with Crippen LogP contribution in [0, 0.1) is 0 Å². The van der Waals surface area contributed by atoms with E-state index in [1.807, 2.05) is 37.2 Å². The minimum absolute atomic E-state index is 0.107. The van der Waals surface area contributed by atoms with E-state index in [1.165, 1.54) is 0 Å². The van der Waals surface area contributed by atoms with Gasteiger partial charge in [-0.25, -0.2) is 0 Å². The molecule has 0 saturated heterocycles. The number of nitrogens with one attached hydrogen (secondary N) is 2. The number of amides is 2. The van der Waals surface area contributed by atoms with Gasteiger partial charge >= 0.3 is 0 Å². The zero-order valence-electron chi connectivity index (χ0n) is 14.2. The van der Waals surface area contributed by atoms with E-state index in [2.05, 4.69) is 26.6 Å². The Balaban J connectivity index is 1.83. The van der Waals surface area contributed by atoms with Crippen molar-refractivity contribution < 1.29 is 9.59 Å². The summed E-state index contributed by atoms with van der Waals surface area (Å²) < 4.78 is 0.840. The minimum Gasteiger partial charge on any atom is -0.377 e. The van der Waals surface area contributed by atoms with Gasteiger partial charge in [0, 0.05) is 41.5 Å². The van der Waals surface area contributed by atoms with Crippen LogP contribution in [0.1, 0.15) is 33.6 Å². The van der Waals surface area contributed by atoms with Gasteiger partial charge in [0.05, 0.1) is 5.56 Å². The van der Waals surface area contributed by atoms with Crippen molar-refractivity contribution in [3.05, 3.63) is 58.1 Å². The molecular formula is C19H20BrN3O2. The Morgan fingerprint density at radius 3 is 2.48 bits per heavy atom. The van der Waals surface area contributed by atoms with E-state index in [-0.39, 0.29) is 17.9 Å². The molecule has 0 unspecified atom stereocenters. The summed E-state index contributed by atoms with van der Waals surface area (Å²) in [6, 6.07) is 12.8. The van der Waals surface area contributed by atoms with Crippen LogP contribution in [0.2, 0.25) is 0 Å². The fourth-order valence-corrected chi connectivity index (χ4v) is 2.91. The van der Waals surface area contributed by atoms with E-state index in [4.69, 9.17) is 0 Å². The average molecular weight is 402 g/mol. The molecular weight excluding hydrogens is 382 g/mol. The van der Waals surface area contributed by atoms with Crippen LogP contribution in [0.5, 0.6) is 0 Å². The number of rotatable bonds is 5. The van der Waals surface area contributed by atoms with Crippen molar-refractivity contribution in [3.8, 4) is 0 Å². The molecule has 130 valence electrons. The number of nitrogens with zero attached hydrogens (tertiary/aromatic N) is 1. The fraction of sp³-hybridized carbons (Fsp3) is 0.263. The zero-order chi connectivity index (χ0) is 18.0. The maximum atomic E-state index is 12.5. The highest BCUT2D eigenvalue weighted by atomic mass is 79.9. The molecule has 1 aliphatic rings. The molecule has 5 nitrogen and oxygen atoms in total. The average Bonchev–Trinajstić information content (AvgIpc) is 3.38. The van der Waals surface area contributed by atoms with E-state index in [1.54, 1.807) is 24.3 Å². The van der Waals surface area contributed by atoms with Gasteiger partial charge in [-0.3, -0.25) is 9.59 Å². The van der Waals surface area contributed by atoms with Gasteiger partial charge in [0.25, 0.3) is 11.8 Å². The van der Waals surface area contributed by atoms with E-state index >= 15 is 0 Å². The Kier molecular flexibility index (Phi) is 5.08. The lowest BCUT2D eigenvalue weighted by molar-refractivity contribution is 0.0950. The third kappa shape index (κ3) is 4.39. The molecule has 2 aromatic carbocycles. The summed E-state index contributed by atoms with van der Waals surface area (Å²) in [6.07, 6.45) is 2.06. The summed E-state index contributed by atoms with van der Waals surface area (Å²) in [5.41, 5.74) is 2.52. The smallest absolute Gasteiger partial charge is 0.255 e. The molecule has 2 N–H and O–H groups in total. The molecule has 0 radical (unpaired) electrons. The maximum absolute atomic E-state index is 12.5. The highest BCUT2D eigenvalue weighted by Gasteiger charge is 2.25. The Hall–Kier alpha value is -2.34. The first-order chi connectivity index (χ1) is 11.9. The molecule has 0 atom stereocenters. The zero-order valence-corrected chi connectivity index (χ0v) is 15.8. The Labute approximate surface area is 155 Å². The quantitative estimate of drug-likeness (QED) is 0.803. The number of benzene rings is 2. The van der Waals surface area contributed by atoms with Crippen molar-refractivity contribution in [1.29, 1.82) is 0 Å². The summed E-state index contributed by atoms with van der Waals surface area (Å²) in [6.45, 7) is 0. The molecule has 0 heterocycles. The normalized spacial score (nSPS) is 13.2. The first kappa shape index (κ1) is 17.5. The third-order valence-corrected chi connectivity index (χ3v) is 4.47. The van der Waals surface area contributed by atoms with Crippen molar-refractivity contribution in [2.45, 2.75) is 18.9 Å². The van der Waals surface area contributed by atoms with Gasteiger partial charge < -0.3 is 15.5 Å². The molecule has 0 bridgehead atoms. The van der Waals surface area contributed by atoms with Crippen LogP contribution in [0.3, 0.4) is 0 Å². The van der Waals surface area contributed by atoms with Crippen molar-refractivity contribution in [2.75, 3.05) is 24.3 Å². The fourth-order valence-electron chi connectivity index (χ4n) is 2.51.